The third-order valence-electron chi connectivity index (χ3n) is 1.88. The number of allylic oxidation sites excluding steroid dienone is 2. The molecule has 0 unspecified atom stereocenters. The molecule has 0 bridgehead atoms. The van der Waals surface area contributed by atoms with Crippen LogP contribution in [0.15, 0.2) is 24.1 Å². The van der Waals surface area contributed by atoms with E-state index in [4.69, 9.17) is 11.6 Å². The number of halogens is 2. The van der Waals surface area contributed by atoms with Gasteiger partial charge >= 0.3 is 0 Å². The number of ketones is 1. The van der Waals surface area contributed by atoms with Gasteiger partial charge in [-0.25, -0.2) is 4.39 Å². The molecule has 13 heavy (non-hydrogen) atoms. The minimum atomic E-state index is -2.40. The van der Waals surface area contributed by atoms with Crippen LogP contribution in [0.4, 0.5) is 4.39 Å². The molecule has 1 rings (SSSR count). The summed E-state index contributed by atoms with van der Waals surface area (Å²) in [6, 6.07) is 0. The van der Waals surface area contributed by atoms with E-state index in [0.717, 1.165) is 19.1 Å². The van der Waals surface area contributed by atoms with Gasteiger partial charge in [0.05, 0.1) is 0 Å². The summed E-state index contributed by atoms with van der Waals surface area (Å²) < 4.78 is 12.7. The van der Waals surface area contributed by atoms with Crippen molar-refractivity contribution in [1.29, 1.82) is 0 Å². The van der Waals surface area contributed by atoms with Crippen molar-refractivity contribution in [2.24, 2.45) is 0 Å². The molecule has 1 aliphatic carbocycles. The Morgan fingerprint density at radius 3 is 2.54 bits per heavy atom. The van der Waals surface area contributed by atoms with Crippen molar-refractivity contribution in [3.63, 3.8) is 0 Å². The standard InChI is InChI=1S/C8H8ClFO3/c1-5(11)7(12)4-6(10)2-3-8(7,9)13/h2-4,12-13H,1H3/t7-,8-/m1/s1. The van der Waals surface area contributed by atoms with Gasteiger partial charge in [0.15, 0.2) is 16.4 Å². The van der Waals surface area contributed by atoms with E-state index >= 15 is 0 Å². The minimum Gasteiger partial charge on any atom is -0.374 e. The van der Waals surface area contributed by atoms with Crippen LogP contribution in [-0.4, -0.2) is 26.7 Å². The van der Waals surface area contributed by atoms with Gasteiger partial charge in [0.1, 0.15) is 5.83 Å². The van der Waals surface area contributed by atoms with Crippen LogP contribution in [0.5, 0.6) is 0 Å². The van der Waals surface area contributed by atoms with Crippen LogP contribution in [0, 0.1) is 0 Å². The Morgan fingerprint density at radius 1 is 1.62 bits per heavy atom. The van der Waals surface area contributed by atoms with Crippen LogP contribution in [0.2, 0.25) is 0 Å². The van der Waals surface area contributed by atoms with Crippen molar-refractivity contribution >= 4 is 17.4 Å². The van der Waals surface area contributed by atoms with Gasteiger partial charge in [0.2, 0.25) is 0 Å². The number of carbonyl (C=O) groups is 1. The average Bonchev–Trinajstić information content (AvgIpc) is 1.98. The Labute approximate surface area is 79.1 Å². The number of aliphatic hydroxyl groups is 2. The van der Waals surface area contributed by atoms with E-state index in [1.807, 2.05) is 0 Å². The fourth-order valence-electron chi connectivity index (χ4n) is 1.01. The number of Topliss-reactive ketones (excluding diaryl/α,β-unsaturated/α-hetero) is 1. The largest absolute Gasteiger partial charge is 0.374 e. The molecule has 0 amide bonds. The second-order valence-corrected chi connectivity index (χ2v) is 3.43. The zero-order valence-electron chi connectivity index (χ0n) is 6.79. The van der Waals surface area contributed by atoms with Crippen molar-refractivity contribution < 1.29 is 19.4 Å². The van der Waals surface area contributed by atoms with Crippen molar-refractivity contribution in [1.82, 2.24) is 0 Å². The fourth-order valence-corrected chi connectivity index (χ4v) is 1.27. The Kier molecular flexibility index (Phi) is 2.32. The average molecular weight is 207 g/mol. The molecule has 2 atom stereocenters. The first-order chi connectivity index (χ1) is 5.79. The van der Waals surface area contributed by atoms with Crippen molar-refractivity contribution in [2.75, 3.05) is 0 Å². The van der Waals surface area contributed by atoms with E-state index in [1.54, 1.807) is 0 Å². The summed E-state index contributed by atoms with van der Waals surface area (Å²) in [5.41, 5.74) is -2.40. The molecule has 0 aromatic carbocycles. The van der Waals surface area contributed by atoms with E-state index in [0.29, 0.717) is 6.08 Å². The maximum Gasteiger partial charge on any atom is 0.197 e. The molecule has 0 heterocycles. The lowest BCUT2D eigenvalue weighted by atomic mass is 9.88. The normalized spacial score (nSPS) is 38.7. The third kappa shape index (κ3) is 1.52. The van der Waals surface area contributed by atoms with Crippen molar-refractivity contribution in [3.8, 4) is 0 Å². The molecule has 3 nitrogen and oxygen atoms in total. The highest BCUT2D eigenvalue weighted by Gasteiger charge is 2.50. The summed E-state index contributed by atoms with van der Waals surface area (Å²) in [5.74, 6) is -1.65. The first kappa shape index (κ1) is 10.4. The predicted octanol–water partition coefficient (Wildman–Crippen LogP) is 0.657. The zero-order valence-corrected chi connectivity index (χ0v) is 7.55. The molecule has 1 aliphatic rings. The smallest absolute Gasteiger partial charge is 0.197 e. The van der Waals surface area contributed by atoms with Crippen LogP contribution < -0.4 is 0 Å². The predicted molar refractivity (Wildman–Crippen MR) is 44.8 cm³/mol. The molecule has 72 valence electrons. The molecule has 0 saturated carbocycles. The minimum absolute atomic E-state index is 0.586. The number of carbonyl (C=O) groups excluding carboxylic acids is 1. The van der Waals surface area contributed by atoms with Crippen LogP contribution >= 0.6 is 11.6 Å². The summed E-state index contributed by atoms with van der Waals surface area (Å²) in [4.78, 5) is 10.9. The Bertz CT molecular complexity index is 309. The molecular formula is C8H8ClFO3. The van der Waals surface area contributed by atoms with E-state index in [2.05, 4.69) is 0 Å². The zero-order chi connectivity index (χ0) is 10.3. The van der Waals surface area contributed by atoms with Gasteiger partial charge in [-0.1, -0.05) is 11.6 Å². The highest BCUT2D eigenvalue weighted by molar-refractivity contribution is 6.27. The van der Waals surface area contributed by atoms with E-state index < -0.39 is 22.3 Å². The summed E-state index contributed by atoms with van der Waals surface area (Å²) in [6.07, 6.45) is 2.29. The van der Waals surface area contributed by atoms with Gasteiger partial charge in [-0.3, -0.25) is 4.79 Å². The molecule has 0 aliphatic heterocycles. The van der Waals surface area contributed by atoms with Gasteiger partial charge in [-0.05, 0) is 25.2 Å². The Hall–Kier alpha value is -0.710. The molecule has 0 fully saturated rings. The van der Waals surface area contributed by atoms with Gasteiger partial charge in [-0.15, -0.1) is 0 Å². The highest BCUT2D eigenvalue weighted by atomic mass is 35.5. The van der Waals surface area contributed by atoms with Gasteiger partial charge in [0.25, 0.3) is 0 Å². The highest BCUT2D eigenvalue weighted by Crippen LogP contribution is 2.35. The fraction of sp³-hybridized carbons (Fsp3) is 0.375. The lowest BCUT2D eigenvalue weighted by Crippen LogP contribution is -2.54. The first-order valence-corrected chi connectivity index (χ1v) is 3.90. The molecule has 2 N–H and O–H groups in total. The summed E-state index contributed by atoms with van der Waals surface area (Å²) >= 11 is 5.43. The van der Waals surface area contributed by atoms with Crippen LogP contribution in [0.25, 0.3) is 0 Å². The SMILES string of the molecule is CC(=O)[C@]1(O)C=C(F)C=C[C@]1(O)Cl. The molecule has 0 aromatic rings. The van der Waals surface area contributed by atoms with E-state index in [1.165, 1.54) is 0 Å². The molecule has 0 spiro atoms. The van der Waals surface area contributed by atoms with Gasteiger partial charge in [0, 0.05) is 0 Å². The van der Waals surface area contributed by atoms with Crippen LogP contribution in [0.1, 0.15) is 6.92 Å². The van der Waals surface area contributed by atoms with Crippen LogP contribution in [0.3, 0.4) is 0 Å². The van der Waals surface area contributed by atoms with Crippen molar-refractivity contribution in [2.45, 2.75) is 17.6 Å². The van der Waals surface area contributed by atoms with Crippen molar-refractivity contribution in [3.05, 3.63) is 24.1 Å². The molecular weight excluding hydrogens is 199 g/mol. The Morgan fingerprint density at radius 2 is 2.15 bits per heavy atom. The van der Waals surface area contributed by atoms with E-state index in [9.17, 15) is 19.4 Å². The number of rotatable bonds is 1. The number of hydrogen-bond acceptors (Lipinski definition) is 3. The second-order valence-electron chi connectivity index (χ2n) is 2.86. The maximum absolute atomic E-state index is 12.7. The third-order valence-corrected chi connectivity index (χ3v) is 2.30. The lowest BCUT2D eigenvalue weighted by Gasteiger charge is -2.34. The quantitative estimate of drug-likeness (QED) is 0.620. The second kappa shape index (κ2) is 2.90. The van der Waals surface area contributed by atoms with Crippen LogP contribution in [-0.2, 0) is 4.79 Å². The summed E-state index contributed by atoms with van der Waals surface area (Å²) in [7, 11) is 0. The van der Waals surface area contributed by atoms with Gasteiger partial charge < -0.3 is 10.2 Å². The maximum atomic E-state index is 12.7. The summed E-state index contributed by atoms with van der Waals surface area (Å²) in [6.45, 7) is 1.01. The molecule has 5 heteroatoms. The first-order valence-electron chi connectivity index (χ1n) is 3.52. The number of alkyl halides is 1. The molecule has 0 radical (unpaired) electrons. The Balaban J connectivity index is 3.22. The molecule has 0 aromatic heterocycles. The number of hydrogen-bond donors (Lipinski definition) is 2. The lowest BCUT2D eigenvalue weighted by molar-refractivity contribution is -0.141. The van der Waals surface area contributed by atoms with E-state index in [-0.39, 0.29) is 0 Å². The van der Waals surface area contributed by atoms with Gasteiger partial charge in [-0.2, -0.15) is 0 Å². The monoisotopic (exact) mass is 206 g/mol. The topological polar surface area (TPSA) is 57.5 Å². The molecule has 0 saturated heterocycles. The summed E-state index contributed by atoms with van der Waals surface area (Å²) in [5, 5.41) is 16.6.